The Kier molecular flexibility index (Phi) is 6.17. The van der Waals surface area contributed by atoms with Gasteiger partial charge in [0.05, 0.1) is 0 Å². The van der Waals surface area contributed by atoms with Gasteiger partial charge in [-0.2, -0.15) is 0 Å². The van der Waals surface area contributed by atoms with Gasteiger partial charge >= 0.3 is 6.36 Å². The van der Waals surface area contributed by atoms with Crippen LogP contribution in [0.3, 0.4) is 0 Å². The first-order valence-corrected chi connectivity index (χ1v) is 10.9. The first-order valence-electron chi connectivity index (χ1n) is 10.9. The number of alkyl halides is 3. The predicted octanol–water partition coefficient (Wildman–Crippen LogP) is 4.86. The summed E-state index contributed by atoms with van der Waals surface area (Å²) < 4.78 is 48.4. The summed E-state index contributed by atoms with van der Waals surface area (Å²) in [6.07, 6.45) is -1.09. The minimum absolute atomic E-state index is 0.215. The van der Waals surface area contributed by atoms with Gasteiger partial charge in [0, 0.05) is 18.4 Å². The van der Waals surface area contributed by atoms with Crippen molar-refractivity contribution in [2.75, 3.05) is 19.6 Å². The second kappa shape index (κ2) is 8.71. The fraction of sp³-hybridized carbons (Fsp3) is 0.500. The first-order chi connectivity index (χ1) is 14.8. The van der Waals surface area contributed by atoms with E-state index in [4.69, 9.17) is 10.5 Å². The van der Waals surface area contributed by atoms with Crippen molar-refractivity contribution in [2.24, 2.45) is 11.7 Å². The maximum absolute atomic E-state index is 12.6. The zero-order chi connectivity index (χ0) is 22.1. The lowest BCUT2D eigenvalue weighted by Gasteiger charge is -2.44. The third-order valence-electron chi connectivity index (χ3n) is 6.69. The molecule has 0 aliphatic carbocycles. The average molecular weight is 435 g/mol. The Hall–Kier alpha value is -2.25. The number of halogens is 3. The molecule has 2 atom stereocenters. The number of hydrogen-bond donors (Lipinski definition) is 1. The van der Waals surface area contributed by atoms with Gasteiger partial charge in [0.1, 0.15) is 17.1 Å². The van der Waals surface area contributed by atoms with Crippen LogP contribution in [0.25, 0.3) is 0 Å². The smallest absolute Gasteiger partial charge is 0.482 e. The van der Waals surface area contributed by atoms with Crippen LogP contribution < -0.4 is 15.2 Å². The van der Waals surface area contributed by atoms with Gasteiger partial charge in [-0.05, 0) is 75.1 Å². The van der Waals surface area contributed by atoms with E-state index in [0.717, 1.165) is 49.2 Å². The largest absolute Gasteiger partial charge is 0.573 e. The van der Waals surface area contributed by atoms with E-state index in [1.165, 1.54) is 12.1 Å². The van der Waals surface area contributed by atoms with Crippen LogP contribution in [-0.2, 0) is 12.0 Å². The van der Waals surface area contributed by atoms with Crippen molar-refractivity contribution < 1.29 is 22.6 Å². The second-order valence-corrected chi connectivity index (χ2v) is 8.58. The summed E-state index contributed by atoms with van der Waals surface area (Å²) in [7, 11) is 0. The van der Waals surface area contributed by atoms with Crippen LogP contribution in [0, 0.1) is 5.92 Å². The first kappa shape index (κ1) is 22.0. The van der Waals surface area contributed by atoms with Crippen molar-refractivity contribution >= 4 is 0 Å². The predicted molar refractivity (Wildman–Crippen MR) is 113 cm³/mol. The molecule has 0 aromatic heterocycles. The average Bonchev–Trinajstić information content (AvgIpc) is 3.14. The van der Waals surface area contributed by atoms with Gasteiger partial charge in [-0.1, -0.05) is 30.3 Å². The summed E-state index contributed by atoms with van der Waals surface area (Å²) in [5.74, 6) is 0.903. The number of nitrogens with two attached hydrogens (primary N) is 1. The number of piperidine rings is 1. The van der Waals surface area contributed by atoms with E-state index in [2.05, 4.69) is 22.6 Å². The van der Waals surface area contributed by atoms with Crippen LogP contribution in [0.4, 0.5) is 13.2 Å². The molecule has 1 saturated heterocycles. The van der Waals surface area contributed by atoms with Crippen molar-refractivity contribution in [3.63, 3.8) is 0 Å². The Morgan fingerprint density at radius 3 is 2.42 bits per heavy atom. The number of rotatable bonds is 6. The number of hydrogen-bond acceptors (Lipinski definition) is 4. The van der Waals surface area contributed by atoms with E-state index < -0.39 is 12.0 Å². The maximum atomic E-state index is 12.6. The van der Waals surface area contributed by atoms with Crippen LogP contribution in [0.2, 0.25) is 0 Å². The lowest BCUT2D eigenvalue weighted by Crippen LogP contribution is -2.48. The van der Waals surface area contributed by atoms with Crippen LogP contribution >= 0.6 is 0 Å². The fourth-order valence-electron chi connectivity index (χ4n) is 5.06. The van der Waals surface area contributed by atoms with Gasteiger partial charge in [-0.25, -0.2) is 0 Å². The molecule has 1 fully saturated rings. The highest BCUT2D eigenvalue weighted by Crippen LogP contribution is 2.49. The van der Waals surface area contributed by atoms with Gasteiger partial charge < -0.3 is 20.1 Å². The number of fused-ring (bicyclic) bond motifs is 1. The molecule has 2 N–H and O–H groups in total. The van der Waals surface area contributed by atoms with Crippen molar-refractivity contribution in [3.05, 3.63) is 59.7 Å². The van der Waals surface area contributed by atoms with E-state index in [1.54, 1.807) is 12.1 Å². The number of benzene rings is 2. The van der Waals surface area contributed by atoms with Crippen molar-refractivity contribution in [3.8, 4) is 11.5 Å². The molecule has 4 nitrogen and oxygen atoms in total. The topological polar surface area (TPSA) is 47.7 Å². The Labute approximate surface area is 181 Å². The summed E-state index contributed by atoms with van der Waals surface area (Å²) >= 11 is 0. The van der Waals surface area contributed by atoms with E-state index in [-0.39, 0.29) is 11.7 Å². The number of nitrogens with zero attached hydrogens (tertiary/aromatic N) is 1. The molecule has 0 bridgehead atoms. The molecular formula is C24H29F3N2O2. The highest BCUT2D eigenvalue weighted by molar-refractivity contribution is 5.44. The maximum Gasteiger partial charge on any atom is 0.573 e. The van der Waals surface area contributed by atoms with Crippen LogP contribution in [-0.4, -0.2) is 36.9 Å². The zero-order valence-electron chi connectivity index (χ0n) is 17.7. The molecule has 2 unspecified atom stereocenters. The molecular weight excluding hydrogens is 405 g/mol. The third-order valence-corrected chi connectivity index (χ3v) is 6.69. The zero-order valence-corrected chi connectivity index (χ0v) is 17.7. The second-order valence-electron chi connectivity index (χ2n) is 8.58. The lowest BCUT2D eigenvalue weighted by molar-refractivity contribution is -0.274. The van der Waals surface area contributed by atoms with E-state index in [1.807, 2.05) is 18.2 Å². The molecule has 0 radical (unpaired) electrons. The molecule has 0 spiro atoms. The van der Waals surface area contributed by atoms with E-state index in [0.29, 0.717) is 19.0 Å². The van der Waals surface area contributed by atoms with Gasteiger partial charge in [0.15, 0.2) is 0 Å². The minimum Gasteiger partial charge on any atom is -0.482 e. The Bertz CT molecular complexity index is 852. The summed E-state index contributed by atoms with van der Waals surface area (Å²) in [5, 5.41) is 0. The molecule has 2 aromatic carbocycles. The molecule has 2 aliphatic heterocycles. The molecule has 2 aliphatic rings. The Morgan fingerprint density at radius 1 is 1.13 bits per heavy atom. The molecule has 31 heavy (non-hydrogen) atoms. The molecule has 4 rings (SSSR count). The SMILES string of the molecule is CC(CCN)N1CCC(C2(c3ccc(OC(F)(F)F)cc3)Cc3ccccc3O2)CC1. The summed E-state index contributed by atoms with van der Waals surface area (Å²) in [4.78, 5) is 2.47. The van der Waals surface area contributed by atoms with Crippen molar-refractivity contribution in [1.82, 2.24) is 4.90 Å². The molecule has 7 heteroatoms. The summed E-state index contributed by atoms with van der Waals surface area (Å²) in [6, 6.07) is 14.6. The van der Waals surface area contributed by atoms with E-state index >= 15 is 0 Å². The van der Waals surface area contributed by atoms with Crippen LogP contribution in [0.5, 0.6) is 11.5 Å². The standard InChI is InChI=1S/C24H29F3N2O2/c1-17(10-13-28)29-14-11-20(12-15-29)23(16-18-4-2-3-5-22(18)31-23)19-6-8-21(9-7-19)30-24(25,26)27/h2-9,17,20H,10-16,28H2,1H3. The molecule has 168 valence electrons. The van der Waals surface area contributed by atoms with Gasteiger partial charge in [-0.3, -0.25) is 0 Å². The molecule has 0 saturated carbocycles. The highest BCUT2D eigenvalue weighted by atomic mass is 19.4. The summed E-state index contributed by atoms with van der Waals surface area (Å²) in [5.41, 5.74) is 7.18. The monoisotopic (exact) mass is 434 g/mol. The Balaban J connectivity index is 1.59. The van der Waals surface area contributed by atoms with Gasteiger partial charge in [0.25, 0.3) is 0 Å². The summed E-state index contributed by atoms with van der Waals surface area (Å²) in [6.45, 7) is 4.81. The van der Waals surface area contributed by atoms with Gasteiger partial charge in [-0.15, -0.1) is 13.2 Å². The number of para-hydroxylation sites is 1. The van der Waals surface area contributed by atoms with E-state index in [9.17, 15) is 13.2 Å². The highest BCUT2D eigenvalue weighted by Gasteiger charge is 2.48. The molecule has 2 heterocycles. The van der Waals surface area contributed by atoms with Crippen LogP contribution in [0.15, 0.2) is 48.5 Å². The normalized spacial score (nSPS) is 23.3. The fourth-order valence-corrected chi connectivity index (χ4v) is 5.06. The Morgan fingerprint density at radius 2 is 1.81 bits per heavy atom. The molecule has 0 amide bonds. The van der Waals surface area contributed by atoms with Gasteiger partial charge in [0.2, 0.25) is 0 Å². The molecule has 2 aromatic rings. The lowest BCUT2D eigenvalue weighted by atomic mass is 9.73. The number of ether oxygens (including phenoxy) is 2. The van der Waals surface area contributed by atoms with Crippen LogP contribution in [0.1, 0.15) is 37.3 Å². The minimum atomic E-state index is -4.70. The van der Waals surface area contributed by atoms with Crippen molar-refractivity contribution in [2.45, 2.75) is 50.6 Å². The number of likely N-dealkylation sites (tertiary alicyclic amines) is 1. The third kappa shape index (κ3) is 4.67. The quantitative estimate of drug-likeness (QED) is 0.705. The van der Waals surface area contributed by atoms with Crippen molar-refractivity contribution in [1.29, 1.82) is 0 Å².